The monoisotopic (exact) mass is 607 g/mol. The molecule has 228 valence electrons. The van der Waals surface area contributed by atoms with Crippen LogP contribution in [0.3, 0.4) is 0 Å². The number of aryl methyl sites for hydroxylation is 3. The maximum atomic E-state index is 16.1. The Morgan fingerprint density at radius 2 is 1.78 bits per heavy atom. The molecule has 0 amide bonds. The summed E-state index contributed by atoms with van der Waals surface area (Å²) < 4.78 is 45.5. The van der Waals surface area contributed by atoms with Gasteiger partial charge in [0, 0.05) is 35.5 Å². The number of fused-ring (bicyclic) bond motifs is 4. The molecule has 1 aliphatic heterocycles. The maximum Gasteiger partial charge on any atom is 0.352 e. The summed E-state index contributed by atoms with van der Waals surface area (Å²) in [5.74, 6) is -1.23. The normalized spacial score (nSPS) is 13.0. The van der Waals surface area contributed by atoms with E-state index in [0.717, 1.165) is 21.9 Å². The van der Waals surface area contributed by atoms with E-state index in [0.29, 0.717) is 70.8 Å². The fourth-order valence-corrected chi connectivity index (χ4v) is 6.65. The van der Waals surface area contributed by atoms with E-state index < -0.39 is 11.8 Å². The summed E-state index contributed by atoms with van der Waals surface area (Å²) in [4.78, 5) is 13.1. The van der Waals surface area contributed by atoms with Gasteiger partial charge in [-0.2, -0.15) is 5.10 Å². The van der Waals surface area contributed by atoms with Crippen molar-refractivity contribution < 1.29 is 28.2 Å². The minimum absolute atomic E-state index is 0.121. The average Bonchev–Trinajstić information content (AvgIpc) is 3.46. The molecule has 9 heteroatoms. The van der Waals surface area contributed by atoms with E-state index in [4.69, 9.17) is 9.47 Å². The van der Waals surface area contributed by atoms with Crippen LogP contribution in [0.25, 0.3) is 32.8 Å². The smallest absolute Gasteiger partial charge is 0.352 e. The number of halogens is 2. The predicted octanol–water partition coefficient (Wildman–Crippen LogP) is 7.57. The highest BCUT2D eigenvalue weighted by Gasteiger charge is 2.30. The van der Waals surface area contributed by atoms with Gasteiger partial charge in [-0.15, -0.1) is 0 Å². The van der Waals surface area contributed by atoms with Crippen molar-refractivity contribution in [2.24, 2.45) is 7.05 Å². The van der Waals surface area contributed by atoms with Gasteiger partial charge in [0.1, 0.15) is 23.1 Å². The molecule has 1 aliphatic rings. The lowest BCUT2D eigenvalue weighted by atomic mass is 9.97. The van der Waals surface area contributed by atoms with Gasteiger partial charge in [-0.1, -0.05) is 36.4 Å². The number of ether oxygens (including phenoxy) is 2. The van der Waals surface area contributed by atoms with Gasteiger partial charge in [0.15, 0.2) is 0 Å². The summed E-state index contributed by atoms with van der Waals surface area (Å²) in [5, 5.41) is 17.5. The highest BCUT2D eigenvalue weighted by atomic mass is 19.1. The molecule has 3 heterocycles. The second-order valence-corrected chi connectivity index (χ2v) is 11.4. The number of carboxylic acids is 1. The van der Waals surface area contributed by atoms with Crippen molar-refractivity contribution >= 4 is 27.6 Å². The second kappa shape index (κ2) is 11.5. The Bertz CT molecular complexity index is 2110. The van der Waals surface area contributed by atoms with Gasteiger partial charge < -0.3 is 19.1 Å². The molecular formula is C36H31F2N3O4. The minimum atomic E-state index is -1.09. The van der Waals surface area contributed by atoms with E-state index in [2.05, 4.69) is 5.10 Å². The van der Waals surface area contributed by atoms with Crippen LogP contribution in [0.15, 0.2) is 72.8 Å². The van der Waals surface area contributed by atoms with Crippen molar-refractivity contribution in [1.82, 2.24) is 14.3 Å². The molecule has 2 aromatic heterocycles. The quantitative estimate of drug-likeness (QED) is 0.198. The van der Waals surface area contributed by atoms with Crippen LogP contribution in [-0.2, 0) is 38.0 Å². The minimum Gasteiger partial charge on any atom is -0.493 e. The number of carbonyl (C=O) groups is 1. The average molecular weight is 608 g/mol. The number of hydrogen-bond donors (Lipinski definition) is 1. The Labute approximate surface area is 258 Å². The van der Waals surface area contributed by atoms with Crippen molar-refractivity contribution in [3.8, 4) is 16.9 Å². The molecule has 0 spiro atoms. The molecule has 0 aliphatic carbocycles. The van der Waals surface area contributed by atoms with Crippen molar-refractivity contribution in [3.05, 3.63) is 118 Å². The lowest BCUT2D eigenvalue weighted by molar-refractivity contribution is 0.0684. The van der Waals surface area contributed by atoms with Gasteiger partial charge in [0.2, 0.25) is 0 Å². The maximum absolute atomic E-state index is 16.1. The number of aromatic carboxylic acids is 1. The first-order valence-electron chi connectivity index (χ1n) is 14.9. The lowest BCUT2D eigenvalue weighted by Gasteiger charge is -2.14. The van der Waals surface area contributed by atoms with E-state index in [9.17, 15) is 14.3 Å². The molecule has 4 aromatic carbocycles. The van der Waals surface area contributed by atoms with Gasteiger partial charge in [-0.05, 0) is 78.2 Å². The number of hydrogen-bond acceptors (Lipinski definition) is 4. The largest absolute Gasteiger partial charge is 0.493 e. The van der Waals surface area contributed by atoms with Gasteiger partial charge in [-0.25, -0.2) is 13.6 Å². The summed E-state index contributed by atoms with van der Waals surface area (Å²) >= 11 is 0. The van der Waals surface area contributed by atoms with Crippen LogP contribution in [0.1, 0.15) is 45.0 Å². The molecule has 0 radical (unpaired) electrons. The zero-order valence-electron chi connectivity index (χ0n) is 24.9. The summed E-state index contributed by atoms with van der Waals surface area (Å²) in [6.07, 6.45) is 0.893. The highest BCUT2D eigenvalue weighted by molar-refractivity contribution is 6.04. The molecule has 0 saturated carbocycles. The summed E-state index contributed by atoms with van der Waals surface area (Å²) in [6.45, 7) is 2.90. The van der Waals surface area contributed by atoms with Crippen molar-refractivity contribution in [1.29, 1.82) is 0 Å². The molecule has 45 heavy (non-hydrogen) atoms. The number of nitrogens with zero attached hydrogens (tertiary/aromatic N) is 3. The predicted molar refractivity (Wildman–Crippen MR) is 168 cm³/mol. The highest BCUT2D eigenvalue weighted by Crippen LogP contribution is 2.41. The Morgan fingerprint density at radius 3 is 2.60 bits per heavy atom. The van der Waals surface area contributed by atoms with Crippen molar-refractivity contribution in [2.75, 3.05) is 6.61 Å². The fraction of sp³-hybridized carbons (Fsp3) is 0.222. The number of benzene rings is 4. The van der Waals surface area contributed by atoms with Crippen LogP contribution in [0.5, 0.6) is 5.75 Å². The topological polar surface area (TPSA) is 78.5 Å². The first-order chi connectivity index (χ1) is 21.8. The third kappa shape index (κ3) is 5.03. The zero-order chi connectivity index (χ0) is 31.2. The molecule has 0 bridgehead atoms. The first-order valence-corrected chi connectivity index (χ1v) is 14.9. The van der Waals surface area contributed by atoms with E-state index in [-0.39, 0.29) is 24.7 Å². The third-order valence-corrected chi connectivity index (χ3v) is 8.65. The van der Waals surface area contributed by atoms with Crippen molar-refractivity contribution in [2.45, 2.75) is 39.5 Å². The van der Waals surface area contributed by atoms with Gasteiger partial charge in [0.05, 0.1) is 36.7 Å². The lowest BCUT2D eigenvalue weighted by Crippen LogP contribution is -2.13. The van der Waals surface area contributed by atoms with E-state index in [1.807, 2.05) is 49.4 Å². The Hall–Kier alpha value is -5.02. The van der Waals surface area contributed by atoms with Gasteiger partial charge >= 0.3 is 5.97 Å². The van der Waals surface area contributed by atoms with E-state index in [1.165, 1.54) is 18.2 Å². The molecule has 7 rings (SSSR count). The van der Waals surface area contributed by atoms with Crippen LogP contribution in [0, 0.1) is 18.6 Å². The first kappa shape index (κ1) is 28.7. The zero-order valence-corrected chi connectivity index (χ0v) is 24.9. The number of aromatic nitrogens is 3. The summed E-state index contributed by atoms with van der Waals surface area (Å²) in [5.41, 5.74) is 5.38. The van der Waals surface area contributed by atoms with Crippen molar-refractivity contribution in [3.63, 3.8) is 0 Å². The van der Waals surface area contributed by atoms with Gasteiger partial charge in [0.25, 0.3) is 0 Å². The number of carboxylic acid groups (broad SMARTS) is 1. The Morgan fingerprint density at radius 1 is 0.978 bits per heavy atom. The Kier molecular flexibility index (Phi) is 7.33. The molecule has 0 fully saturated rings. The standard InChI is InChI=1S/C36H31F2N3O4/c1-21-32-30(40(2)39-21)20-44-19-24-8-4-3-7-23(24)18-41-34-28(14-15-29(38)33(32)34)27(35(41)36(42)43)10-6-16-45-31-11-5-9-22-17-25(37)12-13-26(22)31/h3-5,7-9,11-15,17H,6,10,16,18-20H2,1-2H3,(H,42,43). The summed E-state index contributed by atoms with van der Waals surface area (Å²) in [6, 6.07) is 20.9. The second-order valence-electron chi connectivity index (χ2n) is 11.4. The van der Waals surface area contributed by atoms with Crippen LogP contribution in [0.4, 0.5) is 8.78 Å². The van der Waals surface area contributed by atoms with E-state index in [1.54, 1.807) is 28.4 Å². The van der Waals surface area contributed by atoms with Crippen LogP contribution < -0.4 is 4.74 Å². The molecule has 7 nitrogen and oxygen atoms in total. The van der Waals surface area contributed by atoms with Crippen LogP contribution in [0.2, 0.25) is 0 Å². The molecule has 6 aromatic rings. The van der Waals surface area contributed by atoms with Gasteiger partial charge in [-0.3, -0.25) is 4.68 Å². The fourth-order valence-electron chi connectivity index (χ4n) is 6.65. The molecule has 0 unspecified atom stereocenters. The molecular weight excluding hydrogens is 576 g/mol. The molecule has 0 atom stereocenters. The Balaban J connectivity index is 1.35. The SMILES string of the molecule is Cc1nn(C)c2c1-c1c(F)ccc3c(CCCOc4cccc5cc(F)ccc45)c(C(=O)O)n(c13)Cc1ccccc1COC2. The number of rotatable bonds is 6. The van der Waals surface area contributed by atoms with Crippen LogP contribution >= 0.6 is 0 Å². The van der Waals surface area contributed by atoms with Crippen LogP contribution in [-0.4, -0.2) is 32.0 Å². The third-order valence-electron chi connectivity index (χ3n) is 8.65. The molecule has 0 saturated heterocycles. The molecule has 1 N–H and O–H groups in total. The van der Waals surface area contributed by atoms with E-state index >= 15 is 4.39 Å². The summed E-state index contributed by atoms with van der Waals surface area (Å²) in [7, 11) is 1.81.